The SMILES string of the molecule is CCOC(=O)C(Cc1cc(C)ccc1OC)C(=O)O. The minimum Gasteiger partial charge on any atom is -0.496 e. The van der Waals surface area contributed by atoms with Gasteiger partial charge in [-0.05, 0) is 31.9 Å². The molecule has 1 aromatic rings. The average molecular weight is 266 g/mol. The molecule has 5 nitrogen and oxygen atoms in total. The Bertz CT molecular complexity index is 467. The fourth-order valence-electron chi connectivity index (χ4n) is 1.80. The highest BCUT2D eigenvalue weighted by Gasteiger charge is 2.29. The molecule has 0 aliphatic rings. The predicted octanol–water partition coefficient (Wildman–Crippen LogP) is 1.81. The van der Waals surface area contributed by atoms with E-state index in [-0.39, 0.29) is 13.0 Å². The summed E-state index contributed by atoms with van der Waals surface area (Å²) in [6, 6.07) is 5.44. The number of methoxy groups -OCH3 is 1. The van der Waals surface area contributed by atoms with Gasteiger partial charge in [-0.15, -0.1) is 0 Å². The first kappa shape index (κ1) is 15.0. The fraction of sp³-hybridized carbons (Fsp3) is 0.429. The first-order valence-electron chi connectivity index (χ1n) is 6.02. The number of carbonyl (C=O) groups is 2. The van der Waals surface area contributed by atoms with Crippen molar-refractivity contribution in [1.29, 1.82) is 0 Å². The number of aliphatic carboxylic acids is 1. The van der Waals surface area contributed by atoms with Gasteiger partial charge in [-0.25, -0.2) is 0 Å². The molecule has 0 aromatic heterocycles. The van der Waals surface area contributed by atoms with Gasteiger partial charge in [0.1, 0.15) is 5.75 Å². The molecule has 0 spiro atoms. The molecular formula is C14H18O5. The molecule has 0 aliphatic carbocycles. The highest BCUT2D eigenvalue weighted by Crippen LogP contribution is 2.23. The molecule has 19 heavy (non-hydrogen) atoms. The van der Waals surface area contributed by atoms with Gasteiger partial charge in [0.15, 0.2) is 5.92 Å². The second-order valence-electron chi connectivity index (χ2n) is 4.16. The number of carboxylic acid groups (broad SMARTS) is 1. The van der Waals surface area contributed by atoms with Crippen LogP contribution >= 0.6 is 0 Å². The standard InChI is InChI=1S/C14H18O5/c1-4-19-14(17)11(13(15)16)8-10-7-9(2)5-6-12(10)18-3/h5-7,11H,4,8H2,1-3H3,(H,15,16). The average Bonchev–Trinajstić information content (AvgIpc) is 2.36. The molecule has 0 amide bonds. The van der Waals surface area contributed by atoms with Crippen LogP contribution in [0.25, 0.3) is 0 Å². The van der Waals surface area contributed by atoms with Crippen molar-refractivity contribution < 1.29 is 24.2 Å². The van der Waals surface area contributed by atoms with E-state index >= 15 is 0 Å². The Hall–Kier alpha value is -2.04. The van der Waals surface area contributed by atoms with Gasteiger partial charge < -0.3 is 14.6 Å². The van der Waals surface area contributed by atoms with Gasteiger partial charge in [-0.2, -0.15) is 0 Å². The molecule has 0 saturated heterocycles. The number of hydrogen-bond donors (Lipinski definition) is 1. The summed E-state index contributed by atoms with van der Waals surface area (Å²) in [7, 11) is 1.51. The molecule has 1 unspecified atom stereocenters. The van der Waals surface area contributed by atoms with E-state index in [9.17, 15) is 9.59 Å². The zero-order chi connectivity index (χ0) is 14.4. The summed E-state index contributed by atoms with van der Waals surface area (Å²) in [6.45, 7) is 3.70. The van der Waals surface area contributed by atoms with Gasteiger partial charge in [-0.1, -0.05) is 17.7 Å². The topological polar surface area (TPSA) is 72.8 Å². The smallest absolute Gasteiger partial charge is 0.320 e. The Morgan fingerprint density at radius 2 is 2.05 bits per heavy atom. The van der Waals surface area contributed by atoms with Gasteiger partial charge in [0, 0.05) is 0 Å². The van der Waals surface area contributed by atoms with E-state index in [1.54, 1.807) is 13.0 Å². The predicted molar refractivity (Wildman–Crippen MR) is 69.2 cm³/mol. The first-order valence-corrected chi connectivity index (χ1v) is 6.02. The molecule has 0 fully saturated rings. The van der Waals surface area contributed by atoms with E-state index in [0.29, 0.717) is 11.3 Å². The van der Waals surface area contributed by atoms with Crippen molar-refractivity contribution in [3.8, 4) is 5.75 Å². The van der Waals surface area contributed by atoms with Crippen LogP contribution in [0.1, 0.15) is 18.1 Å². The lowest BCUT2D eigenvalue weighted by Crippen LogP contribution is -2.28. The number of aryl methyl sites for hydroxylation is 1. The molecule has 0 radical (unpaired) electrons. The summed E-state index contributed by atoms with van der Waals surface area (Å²) < 4.78 is 9.96. The van der Waals surface area contributed by atoms with Crippen molar-refractivity contribution in [3.05, 3.63) is 29.3 Å². The Balaban J connectivity index is 2.99. The van der Waals surface area contributed by atoms with Crippen molar-refractivity contribution in [2.75, 3.05) is 13.7 Å². The van der Waals surface area contributed by atoms with Crippen LogP contribution in [0, 0.1) is 12.8 Å². The van der Waals surface area contributed by atoms with Crippen molar-refractivity contribution in [2.24, 2.45) is 5.92 Å². The van der Waals surface area contributed by atoms with E-state index in [1.807, 2.05) is 19.1 Å². The van der Waals surface area contributed by atoms with E-state index in [1.165, 1.54) is 7.11 Å². The molecular weight excluding hydrogens is 248 g/mol. The fourth-order valence-corrected chi connectivity index (χ4v) is 1.80. The largest absolute Gasteiger partial charge is 0.496 e. The molecule has 0 saturated carbocycles. The first-order chi connectivity index (χ1) is 8.99. The maximum Gasteiger partial charge on any atom is 0.320 e. The molecule has 1 N–H and O–H groups in total. The molecule has 1 aromatic carbocycles. The Kier molecular flexibility index (Phi) is 5.36. The van der Waals surface area contributed by atoms with Crippen LogP contribution in [0.2, 0.25) is 0 Å². The summed E-state index contributed by atoms with van der Waals surface area (Å²) in [4.78, 5) is 22.8. The van der Waals surface area contributed by atoms with Crippen LogP contribution in [-0.4, -0.2) is 30.8 Å². The lowest BCUT2D eigenvalue weighted by atomic mass is 9.97. The Morgan fingerprint density at radius 1 is 1.37 bits per heavy atom. The van der Waals surface area contributed by atoms with Gasteiger partial charge in [0.05, 0.1) is 13.7 Å². The van der Waals surface area contributed by atoms with E-state index in [2.05, 4.69) is 0 Å². The van der Waals surface area contributed by atoms with E-state index < -0.39 is 17.9 Å². The van der Waals surface area contributed by atoms with Gasteiger partial charge in [-0.3, -0.25) is 9.59 Å². The molecule has 104 valence electrons. The summed E-state index contributed by atoms with van der Waals surface area (Å²) in [6.07, 6.45) is 0.0546. The van der Waals surface area contributed by atoms with Gasteiger partial charge in [0.2, 0.25) is 0 Å². The minimum atomic E-state index is -1.21. The number of hydrogen-bond acceptors (Lipinski definition) is 4. The van der Waals surface area contributed by atoms with Crippen LogP contribution in [0.15, 0.2) is 18.2 Å². The number of ether oxygens (including phenoxy) is 2. The third-order valence-corrected chi connectivity index (χ3v) is 2.73. The summed E-state index contributed by atoms with van der Waals surface area (Å²) in [5.41, 5.74) is 1.66. The number of esters is 1. The highest BCUT2D eigenvalue weighted by molar-refractivity contribution is 5.94. The maximum absolute atomic E-state index is 11.6. The third kappa shape index (κ3) is 3.98. The molecule has 0 aliphatic heterocycles. The maximum atomic E-state index is 11.6. The van der Waals surface area contributed by atoms with Crippen molar-refractivity contribution in [2.45, 2.75) is 20.3 Å². The van der Waals surface area contributed by atoms with Crippen LogP contribution < -0.4 is 4.74 Å². The molecule has 5 heteroatoms. The quantitative estimate of drug-likeness (QED) is 0.628. The van der Waals surface area contributed by atoms with E-state index in [4.69, 9.17) is 14.6 Å². The summed E-state index contributed by atoms with van der Waals surface area (Å²) in [5, 5.41) is 9.12. The number of rotatable bonds is 6. The zero-order valence-electron chi connectivity index (χ0n) is 11.3. The summed E-state index contributed by atoms with van der Waals surface area (Å²) in [5.74, 6) is -2.56. The zero-order valence-corrected chi connectivity index (χ0v) is 11.3. The third-order valence-electron chi connectivity index (χ3n) is 2.73. The Labute approximate surface area is 112 Å². The number of carboxylic acids is 1. The van der Waals surface area contributed by atoms with Crippen molar-refractivity contribution in [3.63, 3.8) is 0 Å². The normalized spacial score (nSPS) is 11.7. The molecule has 0 bridgehead atoms. The number of carbonyl (C=O) groups excluding carboxylic acids is 1. The second-order valence-corrected chi connectivity index (χ2v) is 4.16. The van der Waals surface area contributed by atoms with Gasteiger partial charge in [0.25, 0.3) is 0 Å². The molecule has 1 atom stereocenters. The second kappa shape index (κ2) is 6.78. The highest BCUT2D eigenvalue weighted by atomic mass is 16.5. The van der Waals surface area contributed by atoms with Crippen LogP contribution in [0.4, 0.5) is 0 Å². The monoisotopic (exact) mass is 266 g/mol. The minimum absolute atomic E-state index is 0.0546. The molecule has 1 rings (SSSR count). The Morgan fingerprint density at radius 3 is 2.58 bits per heavy atom. The number of benzene rings is 1. The van der Waals surface area contributed by atoms with Crippen LogP contribution in [0.5, 0.6) is 5.75 Å². The van der Waals surface area contributed by atoms with Gasteiger partial charge >= 0.3 is 11.9 Å². The lowest BCUT2D eigenvalue weighted by Gasteiger charge is -2.14. The molecule has 0 heterocycles. The summed E-state index contributed by atoms with van der Waals surface area (Å²) >= 11 is 0. The van der Waals surface area contributed by atoms with Crippen molar-refractivity contribution >= 4 is 11.9 Å². The van der Waals surface area contributed by atoms with E-state index in [0.717, 1.165) is 5.56 Å². The van der Waals surface area contributed by atoms with Crippen molar-refractivity contribution in [1.82, 2.24) is 0 Å². The lowest BCUT2D eigenvalue weighted by molar-refractivity contribution is -0.158. The van der Waals surface area contributed by atoms with Crippen LogP contribution in [-0.2, 0) is 20.7 Å². The van der Waals surface area contributed by atoms with Crippen LogP contribution in [0.3, 0.4) is 0 Å².